The van der Waals surface area contributed by atoms with Gasteiger partial charge < -0.3 is 0 Å². The second kappa shape index (κ2) is 6.51. The van der Waals surface area contributed by atoms with Crippen LogP contribution in [0.15, 0.2) is 52.3 Å². The van der Waals surface area contributed by atoms with Gasteiger partial charge in [0.05, 0.1) is 9.92 Å². The third-order valence-corrected chi connectivity index (χ3v) is 6.21. The number of hydrogen-bond acceptors (Lipinski definition) is 4. The van der Waals surface area contributed by atoms with Crippen LogP contribution in [0.3, 0.4) is 0 Å². The summed E-state index contributed by atoms with van der Waals surface area (Å²) in [5.41, 5.74) is 1.45. The summed E-state index contributed by atoms with van der Waals surface area (Å²) in [4.78, 5) is -0.384. The van der Waals surface area contributed by atoms with Crippen molar-refractivity contribution in [3.63, 3.8) is 0 Å². The molecule has 0 bridgehead atoms. The predicted molar refractivity (Wildman–Crippen MR) is 91.2 cm³/mol. The zero-order valence-corrected chi connectivity index (χ0v) is 15.0. The van der Waals surface area contributed by atoms with Crippen LogP contribution < -0.4 is 4.72 Å². The summed E-state index contributed by atoms with van der Waals surface area (Å²) in [5, 5.41) is -0.0462. The minimum atomic E-state index is -3.99. The molecule has 0 saturated heterocycles. The number of halogens is 1. The van der Waals surface area contributed by atoms with E-state index >= 15 is 0 Å². The minimum absolute atomic E-state index is 0.0462. The maximum Gasteiger partial charge on any atom is 0.263 e. The van der Waals surface area contributed by atoms with Gasteiger partial charge in [0.1, 0.15) is 4.90 Å². The van der Waals surface area contributed by atoms with Crippen molar-refractivity contribution < 1.29 is 16.8 Å². The number of hydrogen-bond donors (Lipinski definition) is 1. The Kier molecular flexibility index (Phi) is 5.03. The Hall–Kier alpha value is -1.57. The van der Waals surface area contributed by atoms with Crippen molar-refractivity contribution in [2.45, 2.75) is 23.1 Å². The van der Waals surface area contributed by atoms with Gasteiger partial charge in [-0.25, -0.2) is 16.8 Å². The van der Waals surface area contributed by atoms with Crippen LogP contribution in [0.2, 0.25) is 5.02 Å². The van der Waals surface area contributed by atoms with E-state index in [-0.39, 0.29) is 14.8 Å². The van der Waals surface area contributed by atoms with Gasteiger partial charge in [0.15, 0.2) is 9.84 Å². The lowest BCUT2D eigenvalue weighted by Crippen LogP contribution is -2.14. The molecule has 2 aromatic rings. The molecule has 8 heteroatoms. The van der Waals surface area contributed by atoms with Gasteiger partial charge in [0.2, 0.25) is 0 Å². The molecule has 0 heterocycles. The van der Waals surface area contributed by atoms with Crippen molar-refractivity contribution in [3.05, 3.63) is 53.1 Å². The third kappa shape index (κ3) is 4.25. The van der Waals surface area contributed by atoms with Crippen molar-refractivity contribution in [1.29, 1.82) is 0 Å². The Bertz CT molecular complexity index is 920. The number of aryl methyl sites for hydroxylation is 1. The molecule has 23 heavy (non-hydrogen) atoms. The first kappa shape index (κ1) is 17.8. The van der Waals surface area contributed by atoms with E-state index in [1.165, 1.54) is 12.1 Å². The molecule has 0 aliphatic heterocycles. The Balaban J connectivity index is 2.42. The fourth-order valence-electron chi connectivity index (χ4n) is 1.94. The van der Waals surface area contributed by atoms with E-state index in [2.05, 4.69) is 4.72 Å². The largest absolute Gasteiger partial charge is 0.280 e. The van der Waals surface area contributed by atoms with Gasteiger partial charge in [0.25, 0.3) is 10.0 Å². The normalized spacial score (nSPS) is 12.1. The molecule has 0 amide bonds. The molecule has 0 unspecified atom stereocenters. The lowest BCUT2D eigenvalue weighted by Gasteiger charge is -2.11. The maximum atomic E-state index is 12.5. The first-order chi connectivity index (χ1) is 10.6. The van der Waals surface area contributed by atoms with Gasteiger partial charge >= 0.3 is 0 Å². The summed E-state index contributed by atoms with van der Waals surface area (Å²) in [6.45, 7) is 2.00. The first-order valence-electron chi connectivity index (χ1n) is 6.75. The van der Waals surface area contributed by atoms with E-state index in [9.17, 15) is 16.8 Å². The first-order valence-corrected chi connectivity index (χ1v) is 10.5. The van der Waals surface area contributed by atoms with E-state index in [0.29, 0.717) is 5.69 Å². The Morgan fingerprint density at radius 2 is 1.61 bits per heavy atom. The van der Waals surface area contributed by atoms with Crippen molar-refractivity contribution >= 4 is 37.1 Å². The number of rotatable bonds is 5. The SMILES string of the molecule is CCc1ccc(NS(=O)(=O)c2cc(S(C)(=O)=O)ccc2Cl)cc1. The summed E-state index contributed by atoms with van der Waals surface area (Å²) in [7, 11) is -7.53. The summed E-state index contributed by atoms with van der Waals surface area (Å²) in [6, 6.07) is 10.5. The Labute approximate surface area is 141 Å². The lowest BCUT2D eigenvalue weighted by molar-refractivity contribution is 0.600. The van der Waals surface area contributed by atoms with Gasteiger partial charge in [0, 0.05) is 11.9 Å². The van der Waals surface area contributed by atoms with Crippen LogP contribution in [-0.4, -0.2) is 23.1 Å². The summed E-state index contributed by atoms with van der Waals surface area (Å²) in [6.07, 6.45) is 1.85. The molecule has 2 aromatic carbocycles. The number of benzene rings is 2. The molecular weight excluding hydrogens is 358 g/mol. The fraction of sp³-hybridized carbons (Fsp3) is 0.200. The monoisotopic (exact) mass is 373 g/mol. The summed E-state index contributed by atoms with van der Waals surface area (Å²) in [5.74, 6) is 0. The topological polar surface area (TPSA) is 80.3 Å². The molecule has 0 saturated carbocycles. The standard InChI is InChI=1S/C15H16ClNO4S2/c1-3-11-4-6-12(7-5-11)17-23(20,21)15-10-13(22(2,18)19)8-9-14(15)16/h4-10,17H,3H2,1-2H3. The highest BCUT2D eigenvalue weighted by Crippen LogP contribution is 2.26. The lowest BCUT2D eigenvalue weighted by atomic mass is 10.2. The molecule has 0 spiro atoms. The quantitative estimate of drug-likeness (QED) is 0.873. The van der Waals surface area contributed by atoms with Gasteiger partial charge in [-0.1, -0.05) is 30.7 Å². The zero-order chi connectivity index (χ0) is 17.3. The smallest absolute Gasteiger partial charge is 0.263 e. The van der Waals surface area contributed by atoms with Gasteiger partial charge in [-0.15, -0.1) is 0 Å². The molecule has 0 fully saturated rings. The molecule has 0 aliphatic rings. The zero-order valence-electron chi connectivity index (χ0n) is 12.6. The van der Waals surface area contributed by atoms with E-state index in [1.54, 1.807) is 12.1 Å². The van der Waals surface area contributed by atoms with Gasteiger partial charge in [-0.2, -0.15) is 0 Å². The van der Waals surface area contributed by atoms with Crippen LogP contribution in [0.4, 0.5) is 5.69 Å². The van der Waals surface area contributed by atoms with Crippen molar-refractivity contribution in [1.82, 2.24) is 0 Å². The van der Waals surface area contributed by atoms with E-state index in [0.717, 1.165) is 24.3 Å². The molecule has 1 N–H and O–H groups in total. The van der Waals surface area contributed by atoms with E-state index in [4.69, 9.17) is 11.6 Å². The van der Waals surface area contributed by atoms with Crippen molar-refractivity contribution in [2.75, 3.05) is 11.0 Å². The van der Waals surface area contributed by atoms with E-state index < -0.39 is 19.9 Å². The van der Waals surface area contributed by atoms with Gasteiger partial charge in [-0.05, 0) is 42.3 Å². The van der Waals surface area contributed by atoms with Crippen LogP contribution in [0.1, 0.15) is 12.5 Å². The molecule has 2 rings (SSSR count). The highest BCUT2D eigenvalue weighted by atomic mass is 35.5. The average Bonchev–Trinajstić information content (AvgIpc) is 2.46. The summed E-state index contributed by atoms with van der Waals surface area (Å²) >= 11 is 5.93. The van der Waals surface area contributed by atoms with Crippen molar-refractivity contribution in [2.24, 2.45) is 0 Å². The second-order valence-corrected chi connectivity index (χ2v) is 9.09. The predicted octanol–water partition coefficient (Wildman–Crippen LogP) is 3.11. The number of sulfone groups is 1. The Morgan fingerprint density at radius 1 is 1.00 bits per heavy atom. The van der Waals surface area contributed by atoms with Crippen molar-refractivity contribution in [3.8, 4) is 0 Å². The molecule has 124 valence electrons. The van der Waals surface area contributed by atoms with Crippen LogP contribution >= 0.6 is 11.6 Å². The minimum Gasteiger partial charge on any atom is -0.280 e. The molecule has 0 aromatic heterocycles. The Morgan fingerprint density at radius 3 is 2.13 bits per heavy atom. The number of anilines is 1. The fourth-order valence-corrected chi connectivity index (χ4v) is 4.25. The van der Waals surface area contributed by atoms with Crippen LogP contribution in [0.25, 0.3) is 0 Å². The highest BCUT2D eigenvalue weighted by Gasteiger charge is 2.21. The van der Waals surface area contributed by atoms with Crippen LogP contribution in [-0.2, 0) is 26.3 Å². The summed E-state index contributed by atoms with van der Waals surface area (Å²) < 4.78 is 50.5. The molecule has 0 radical (unpaired) electrons. The van der Waals surface area contributed by atoms with Crippen LogP contribution in [0, 0.1) is 0 Å². The third-order valence-electron chi connectivity index (χ3n) is 3.23. The molecule has 0 aliphatic carbocycles. The molecule has 0 atom stereocenters. The average molecular weight is 374 g/mol. The highest BCUT2D eigenvalue weighted by molar-refractivity contribution is 7.93. The molecular formula is C15H16ClNO4S2. The van der Waals surface area contributed by atoms with Crippen LogP contribution in [0.5, 0.6) is 0 Å². The van der Waals surface area contributed by atoms with E-state index in [1.807, 2.05) is 19.1 Å². The molecule has 5 nitrogen and oxygen atoms in total. The van der Waals surface area contributed by atoms with Gasteiger partial charge in [-0.3, -0.25) is 4.72 Å². The number of nitrogens with one attached hydrogen (secondary N) is 1. The maximum absolute atomic E-state index is 12.5. The number of sulfonamides is 1. The second-order valence-electron chi connectivity index (χ2n) is 5.02.